The number of rotatable bonds is 4. The molecule has 1 atom stereocenters. The van der Waals surface area contributed by atoms with Gasteiger partial charge in [0, 0.05) is 11.6 Å². The van der Waals surface area contributed by atoms with Crippen molar-refractivity contribution in [2.45, 2.75) is 6.04 Å². The quantitative estimate of drug-likeness (QED) is 0.801. The van der Waals surface area contributed by atoms with Gasteiger partial charge in [0.1, 0.15) is 11.9 Å². The number of carbonyl (C=O) groups excluding carboxylic acids is 1. The highest BCUT2D eigenvalue weighted by Gasteiger charge is 2.21. The Kier molecular flexibility index (Phi) is 3.78. The molecule has 1 aromatic carbocycles. The minimum absolute atomic E-state index is 0.145. The lowest BCUT2D eigenvalue weighted by molar-refractivity contribution is -0.120. The number of hydrogen-bond acceptors (Lipinski definition) is 3. The highest BCUT2D eigenvalue weighted by molar-refractivity contribution is 5.81. The first-order chi connectivity index (χ1) is 7.51. The predicted octanol–water partition coefficient (Wildman–Crippen LogP) is 0.719. The van der Waals surface area contributed by atoms with Gasteiger partial charge < -0.3 is 15.8 Å². The van der Waals surface area contributed by atoms with Gasteiger partial charge in [0.05, 0.1) is 7.11 Å². The summed E-state index contributed by atoms with van der Waals surface area (Å²) in [6, 6.07) is 0.693. The van der Waals surface area contributed by atoms with Gasteiger partial charge in [0.2, 0.25) is 5.91 Å². The van der Waals surface area contributed by atoms with Crippen LogP contribution in [0.4, 0.5) is 8.78 Å². The molecule has 0 spiro atoms. The molecule has 0 radical (unpaired) electrons. The largest absolute Gasteiger partial charge is 0.494 e. The Morgan fingerprint density at radius 1 is 1.44 bits per heavy atom. The van der Waals surface area contributed by atoms with Gasteiger partial charge in [-0.15, -0.1) is 0 Å². The van der Waals surface area contributed by atoms with Gasteiger partial charge in [-0.1, -0.05) is 0 Å². The molecular formula is C10H12F2N2O2. The molecule has 3 N–H and O–H groups in total. The molecule has 1 unspecified atom stereocenters. The molecule has 0 aromatic heterocycles. The highest BCUT2D eigenvalue weighted by Crippen LogP contribution is 2.25. The Morgan fingerprint density at radius 2 is 2.06 bits per heavy atom. The smallest absolute Gasteiger partial charge is 0.239 e. The number of carbonyl (C=O) groups is 1. The van der Waals surface area contributed by atoms with Gasteiger partial charge in [-0.25, -0.2) is 8.78 Å². The van der Waals surface area contributed by atoms with Crippen molar-refractivity contribution >= 4 is 5.91 Å². The van der Waals surface area contributed by atoms with Gasteiger partial charge >= 0.3 is 0 Å². The molecule has 1 aromatic rings. The van der Waals surface area contributed by atoms with Crippen molar-refractivity contribution in [2.75, 3.05) is 14.2 Å². The third-order valence-corrected chi connectivity index (χ3v) is 2.16. The molecule has 0 saturated heterocycles. The number of hydrogen-bond donors (Lipinski definition) is 2. The first-order valence-electron chi connectivity index (χ1n) is 4.50. The lowest BCUT2D eigenvalue weighted by Gasteiger charge is -2.14. The third-order valence-electron chi connectivity index (χ3n) is 2.16. The maximum absolute atomic E-state index is 13.5. The molecule has 0 aliphatic carbocycles. The van der Waals surface area contributed by atoms with E-state index in [0.717, 1.165) is 12.1 Å². The molecule has 0 fully saturated rings. The Balaban J connectivity index is 3.24. The minimum atomic E-state index is -1.07. The average Bonchev–Trinajstić information content (AvgIpc) is 2.23. The normalized spacial score (nSPS) is 12.2. The molecule has 1 rings (SSSR count). The van der Waals surface area contributed by atoms with Crippen molar-refractivity contribution < 1.29 is 18.3 Å². The maximum Gasteiger partial charge on any atom is 0.239 e. The van der Waals surface area contributed by atoms with Crippen molar-refractivity contribution in [3.05, 3.63) is 29.3 Å². The van der Waals surface area contributed by atoms with E-state index in [4.69, 9.17) is 5.73 Å². The summed E-state index contributed by atoms with van der Waals surface area (Å²) in [5.41, 5.74) is 4.90. The molecule has 0 saturated carbocycles. The molecule has 1 amide bonds. The van der Waals surface area contributed by atoms with Crippen LogP contribution in [0.3, 0.4) is 0 Å². The van der Waals surface area contributed by atoms with E-state index in [-0.39, 0.29) is 11.3 Å². The third kappa shape index (κ3) is 2.27. The number of likely N-dealkylation sites (N-methyl/N-ethyl adjacent to an activating group) is 1. The summed E-state index contributed by atoms with van der Waals surface area (Å²) >= 11 is 0. The molecule has 6 heteroatoms. The van der Waals surface area contributed by atoms with E-state index in [1.165, 1.54) is 14.2 Å². The van der Waals surface area contributed by atoms with Crippen LogP contribution >= 0.6 is 0 Å². The lowest BCUT2D eigenvalue weighted by atomic mass is 10.1. The van der Waals surface area contributed by atoms with Crippen LogP contribution in [0.1, 0.15) is 11.6 Å². The van der Waals surface area contributed by atoms with Crippen LogP contribution in [-0.2, 0) is 4.79 Å². The number of halogens is 2. The number of amides is 1. The van der Waals surface area contributed by atoms with Gasteiger partial charge in [0.25, 0.3) is 0 Å². The SMILES string of the molecule is CNC(C(N)=O)c1cc(F)c(OC)cc1F. The monoisotopic (exact) mass is 230 g/mol. The van der Waals surface area contributed by atoms with Crippen molar-refractivity contribution in [1.82, 2.24) is 5.32 Å². The van der Waals surface area contributed by atoms with Gasteiger partial charge in [0.15, 0.2) is 11.6 Å². The van der Waals surface area contributed by atoms with Crippen molar-refractivity contribution in [1.29, 1.82) is 0 Å². The molecule has 0 bridgehead atoms. The van der Waals surface area contributed by atoms with E-state index >= 15 is 0 Å². The van der Waals surface area contributed by atoms with Crippen LogP contribution in [0.2, 0.25) is 0 Å². The summed E-state index contributed by atoms with van der Waals surface area (Å²) in [6.45, 7) is 0. The zero-order valence-corrected chi connectivity index (χ0v) is 8.88. The highest BCUT2D eigenvalue weighted by atomic mass is 19.1. The zero-order chi connectivity index (χ0) is 12.3. The number of benzene rings is 1. The van der Waals surface area contributed by atoms with Crippen LogP contribution in [0.15, 0.2) is 12.1 Å². The average molecular weight is 230 g/mol. The molecule has 0 heterocycles. The van der Waals surface area contributed by atoms with Crippen molar-refractivity contribution in [3.63, 3.8) is 0 Å². The van der Waals surface area contributed by atoms with E-state index in [2.05, 4.69) is 10.1 Å². The fourth-order valence-corrected chi connectivity index (χ4v) is 1.37. The Hall–Kier alpha value is -1.69. The Morgan fingerprint density at radius 3 is 2.50 bits per heavy atom. The van der Waals surface area contributed by atoms with Crippen molar-refractivity contribution in [2.24, 2.45) is 5.73 Å². The molecule has 16 heavy (non-hydrogen) atoms. The van der Waals surface area contributed by atoms with E-state index in [9.17, 15) is 13.6 Å². The van der Waals surface area contributed by atoms with Crippen LogP contribution < -0.4 is 15.8 Å². The first-order valence-corrected chi connectivity index (χ1v) is 4.50. The number of nitrogens with two attached hydrogens (primary N) is 1. The molecule has 0 aliphatic heterocycles. The summed E-state index contributed by atoms with van der Waals surface area (Å²) < 4.78 is 31.4. The number of primary amides is 1. The summed E-state index contributed by atoms with van der Waals surface area (Å²) in [5, 5.41) is 2.50. The number of ether oxygens (including phenoxy) is 1. The fraction of sp³-hybridized carbons (Fsp3) is 0.300. The summed E-state index contributed by atoms with van der Waals surface area (Å²) in [6.07, 6.45) is 0. The Bertz CT molecular complexity index is 410. The predicted molar refractivity (Wildman–Crippen MR) is 53.9 cm³/mol. The second-order valence-corrected chi connectivity index (χ2v) is 3.13. The minimum Gasteiger partial charge on any atom is -0.494 e. The van der Waals surface area contributed by atoms with Gasteiger partial charge in [-0.2, -0.15) is 0 Å². The zero-order valence-electron chi connectivity index (χ0n) is 8.88. The van der Waals surface area contributed by atoms with Crippen LogP contribution in [-0.4, -0.2) is 20.1 Å². The van der Waals surface area contributed by atoms with E-state index in [1.54, 1.807) is 0 Å². The molecular weight excluding hydrogens is 218 g/mol. The van der Waals surface area contributed by atoms with Gasteiger partial charge in [-0.05, 0) is 13.1 Å². The molecule has 4 nitrogen and oxygen atoms in total. The fourth-order valence-electron chi connectivity index (χ4n) is 1.37. The lowest BCUT2D eigenvalue weighted by Crippen LogP contribution is -2.32. The second kappa shape index (κ2) is 4.89. The topological polar surface area (TPSA) is 64.3 Å². The van der Waals surface area contributed by atoms with Crippen LogP contribution in [0.5, 0.6) is 5.75 Å². The van der Waals surface area contributed by atoms with Crippen LogP contribution in [0, 0.1) is 11.6 Å². The summed E-state index contributed by atoms with van der Waals surface area (Å²) in [7, 11) is 2.65. The van der Waals surface area contributed by atoms with Gasteiger partial charge in [-0.3, -0.25) is 4.79 Å². The number of methoxy groups -OCH3 is 1. The summed E-state index contributed by atoms with van der Waals surface area (Å²) in [4.78, 5) is 11.0. The summed E-state index contributed by atoms with van der Waals surface area (Å²) in [5.74, 6) is -2.51. The van der Waals surface area contributed by atoms with E-state index in [1.807, 2.05) is 0 Å². The molecule has 0 aliphatic rings. The molecule has 88 valence electrons. The Labute approximate surface area is 91.4 Å². The number of nitrogens with one attached hydrogen (secondary N) is 1. The van der Waals surface area contributed by atoms with E-state index < -0.39 is 23.6 Å². The van der Waals surface area contributed by atoms with E-state index in [0.29, 0.717) is 0 Å². The van der Waals surface area contributed by atoms with Crippen molar-refractivity contribution in [3.8, 4) is 5.75 Å². The first kappa shape index (κ1) is 12.4. The standard InChI is InChI=1S/C10H12F2N2O2/c1-14-9(10(13)15)5-3-7(12)8(16-2)4-6(5)11/h3-4,9,14H,1-2H3,(H2,13,15). The van der Waals surface area contributed by atoms with Crippen LogP contribution in [0.25, 0.3) is 0 Å². The maximum atomic E-state index is 13.5. The second-order valence-electron chi connectivity index (χ2n) is 3.13.